The second kappa shape index (κ2) is 6.12. The summed E-state index contributed by atoms with van der Waals surface area (Å²) in [6.45, 7) is 4.78. The van der Waals surface area contributed by atoms with Gasteiger partial charge in [0.1, 0.15) is 6.54 Å². The highest BCUT2D eigenvalue weighted by atomic mass is 16.2. The number of nitrogens with two attached hydrogens (primary N) is 1. The van der Waals surface area contributed by atoms with Crippen molar-refractivity contribution in [3.8, 4) is 0 Å². The molecule has 0 spiro atoms. The van der Waals surface area contributed by atoms with Crippen molar-refractivity contribution in [2.45, 2.75) is 58.3 Å². The van der Waals surface area contributed by atoms with E-state index in [2.05, 4.69) is 29.6 Å². The van der Waals surface area contributed by atoms with Gasteiger partial charge in [-0.2, -0.15) is 0 Å². The summed E-state index contributed by atoms with van der Waals surface area (Å²) in [6.07, 6.45) is 5.15. The van der Waals surface area contributed by atoms with Crippen molar-refractivity contribution in [1.82, 2.24) is 25.4 Å². The van der Waals surface area contributed by atoms with Crippen LogP contribution >= 0.6 is 0 Å². The van der Waals surface area contributed by atoms with Gasteiger partial charge in [-0.05, 0) is 26.7 Å². The third-order valence-corrected chi connectivity index (χ3v) is 3.55. The van der Waals surface area contributed by atoms with E-state index in [0.29, 0.717) is 24.3 Å². The zero-order valence-corrected chi connectivity index (χ0v) is 11.5. The topological polar surface area (TPSA) is 89.1 Å². The van der Waals surface area contributed by atoms with Crippen LogP contribution < -0.4 is 11.2 Å². The first-order valence-corrected chi connectivity index (χ1v) is 6.77. The van der Waals surface area contributed by atoms with Crippen molar-refractivity contribution >= 4 is 5.91 Å². The fourth-order valence-electron chi connectivity index (χ4n) is 2.48. The van der Waals surface area contributed by atoms with Gasteiger partial charge in [0, 0.05) is 18.6 Å². The summed E-state index contributed by atoms with van der Waals surface area (Å²) in [5.74, 6) is -0.0749. The summed E-state index contributed by atoms with van der Waals surface area (Å²) < 4.78 is 1.51. The summed E-state index contributed by atoms with van der Waals surface area (Å²) in [4.78, 5) is 12.0. The average Bonchev–Trinajstić information content (AvgIpc) is 2.81. The average molecular weight is 266 g/mol. The van der Waals surface area contributed by atoms with Crippen LogP contribution in [-0.4, -0.2) is 38.0 Å². The molecule has 1 aromatic heterocycles. The van der Waals surface area contributed by atoms with E-state index in [-0.39, 0.29) is 12.5 Å². The summed E-state index contributed by atoms with van der Waals surface area (Å²) in [5, 5.41) is 9.77. The van der Waals surface area contributed by atoms with E-state index in [0.717, 1.165) is 12.8 Å². The number of hydrazine groups is 1. The van der Waals surface area contributed by atoms with E-state index in [1.807, 2.05) is 5.01 Å². The quantitative estimate of drug-likeness (QED) is 0.802. The van der Waals surface area contributed by atoms with Crippen LogP contribution in [0.2, 0.25) is 0 Å². The maximum absolute atomic E-state index is 12.0. The maximum Gasteiger partial charge on any atom is 0.256 e. The van der Waals surface area contributed by atoms with E-state index < -0.39 is 0 Å². The maximum atomic E-state index is 12.0. The van der Waals surface area contributed by atoms with E-state index >= 15 is 0 Å². The first-order chi connectivity index (χ1) is 9.10. The van der Waals surface area contributed by atoms with Crippen molar-refractivity contribution in [2.24, 2.45) is 5.73 Å². The minimum Gasteiger partial charge on any atom is -0.325 e. The molecule has 2 unspecified atom stereocenters. The Balaban J connectivity index is 1.89. The molecular formula is C12H22N6O. The number of carbonyl (C=O) groups is 1. The van der Waals surface area contributed by atoms with Gasteiger partial charge in [0.2, 0.25) is 0 Å². The first-order valence-electron chi connectivity index (χ1n) is 6.77. The largest absolute Gasteiger partial charge is 0.325 e. The van der Waals surface area contributed by atoms with Crippen molar-refractivity contribution in [3.63, 3.8) is 0 Å². The lowest BCUT2D eigenvalue weighted by Crippen LogP contribution is -2.54. The fourth-order valence-corrected chi connectivity index (χ4v) is 2.48. The number of piperidine rings is 1. The molecule has 1 aliphatic rings. The Morgan fingerprint density at radius 3 is 2.74 bits per heavy atom. The molecular weight excluding hydrogens is 244 g/mol. The molecule has 2 atom stereocenters. The molecule has 0 bridgehead atoms. The van der Waals surface area contributed by atoms with Gasteiger partial charge in [0.05, 0.1) is 11.9 Å². The molecule has 0 aliphatic carbocycles. The minimum absolute atomic E-state index is 0.0749. The van der Waals surface area contributed by atoms with Crippen molar-refractivity contribution in [3.05, 3.63) is 11.9 Å². The Morgan fingerprint density at radius 2 is 2.16 bits per heavy atom. The zero-order valence-electron chi connectivity index (χ0n) is 11.5. The van der Waals surface area contributed by atoms with Crippen LogP contribution in [0.3, 0.4) is 0 Å². The number of aromatic nitrogens is 3. The van der Waals surface area contributed by atoms with Crippen LogP contribution in [0.25, 0.3) is 0 Å². The number of hydrogen-bond acceptors (Lipinski definition) is 5. The second-order valence-electron chi connectivity index (χ2n) is 5.18. The molecule has 0 saturated carbocycles. The van der Waals surface area contributed by atoms with E-state index in [4.69, 9.17) is 5.73 Å². The molecule has 1 amide bonds. The number of nitrogens with zero attached hydrogens (tertiary/aromatic N) is 4. The lowest BCUT2D eigenvalue weighted by Gasteiger charge is -2.38. The van der Waals surface area contributed by atoms with Crippen LogP contribution in [0.15, 0.2) is 6.20 Å². The molecule has 106 valence electrons. The molecule has 7 nitrogen and oxygen atoms in total. The van der Waals surface area contributed by atoms with E-state index in [9.17, 15) is 4.79 Å². The van der Waals surface area contributed by atoms with Crippen LogP contribution in [-0.2, 0) is 17.9 Å². The van der Waals surface area contributed by atoms with Crippen LogP contribution in [0.5, 0.6) is 0 Å². The SMILES string of the molecule is CC1CCCC(C)N1NC(=O)Cn1cc(CN)nn1. The molecule has 0 radical (unpaired) electrons. The molecule has 1 fully saturated rings. The van der Waals surface area contributed by atoms with Crippen LogP contribution in [0.1, 0.15) is 38.8 Å². The monoisotopic (exact) mass is 266 g/mol. The molecule has 1 aromatic rings. The molecule has 2 heterocycles. The van der Waals surface area contributed by atoms with Crippen molar-refractivity contribution < 1.29 is 4.79 Å². The molecule has 7 heteroatoms. The highest BCUT2D eigenvalue weighted by Crippen LogP contribution is 2.20. The summed E-state index contributed by atoms with van der Waals surface area (Å²) in [5.41, 5.74) is 9.11. The second-order valence-corrected chi connectivity index (χ2v) is 5.18. The lowest BCUT2D eigenvalue weighted by molar-refractivity contribution is -0.130. The van der Waals surface area contributed by atoms with Gasteiger partial charge in [-0.25, -0.2) is 9.69 Å². The predicted molar refractivity (Wildman–Crippen MR) is 70.7 cm³/mol. The Kier molecular flexibility index (Phi) is 4.49. The zero-order chi connectivity index (χ0) is 13.8. The summed E-state index contributed by atoms with van der Waals surface area (Å²) in [7, 11) is 0. The summed E-state index contributed by atoms with van der Waals surface area (Å²) >= 11 is 0. The Morgan fingerprint density at radius 1 is 1.47 bits per heavy atom. The van der Waals surface area contributed by atoms with Gasteiger partial charge in [-0.15, -0.1) is 5.10 Å². The summed E-state index contributed by atoms with van der Waals surface area (Å²) in [6, 6.07) is 0.756. The number of amides is 1. The highest BCUT2D eigenvalue weighted by Gasteiger charge is 2.26. The van der Waals surface area contributed by atoms with Gasteiger partial charge < -0.3 is 5.73 Å². The van der Waals surface area contributed by atoms with Crippen LogP contribution in [0.4, 0.5) is 0 Å². The van der Waals surface area contributed by atoms with E-state index in [1.54, 1.807) is 6.20 Å². The number of rotatable bonds is 4. The standard InChI is InChI=1S/C12H22N6O/c1-9-4-3-5-10(2)18(9)15-12(19)8-17-7-11(6-13)14-16-17/h7,9-10H,3-6,8,13H2,1-2H3,(H,15,19). The third-order valence-electron chi connectivity index (χ3n) is 3.55. The van der Waals surface area contributed by atoms with Gasteiger partial charge in [0.15, 0.2) is 0 Å². The normalized spacial score (nSPS) is 24.4. The van der Waals surface area contributed by atoms with Crippen LogP contribution in [0, 0.1) is 0 Å². The Bertz CT molecular complexity index is 422. The number of carbonyl (C=O) groups excluding carboxylic acids is 1. The third kappa shape index (κ3) is 3.51. The molecule has 19 heavy (non-hydrogen) atoms. The molecule has 2 rings (SSSR count). The van der Waals surface area contributed by atoms with Gasteiger partial charge in [-0.3, -0.25) is 10.2 Å². The molecule has 3 N–H and O–H groups in total. The van der Waals surface area contributed by atoms with Crippen molar-refractivity contribution in [2.75, 3.05) is 0 Å². The smallest absolute Gasteiger partial charge is 0.256 e. The fraction of sp³-hybridized carbons (Fsp3) is 0.750. The van der Waals surface area contributed by atoms with Crippen molar-refractivity contribution in [1.29, 1.82) is 0 Å². The molecule has 1 saturated heterocycles. The lowest BCUT2D eigenvalue weighted by atomic mass is 10.00. The highest BCUT2D eigenvalue weighted by molar-refractivity contribution is 5.75. The molecule has 0 aromatic carbocycles. The minimum atomic E-state index is -0.0749. The first kappa shape index (κ1) is 14.0. The number of hydrogen-bond donors (Lipinski definition) is 2. The van der Waals surface area contributed by atoms with Gasteiger partial charge >= 0.3 is 0 Å². The Labute approximate surface area is 113 Å². The number of nitrogens with one attached hydrogen (secondary N) is 1. The van der Waals surface area contributed by atoms with Gasteiger partial charge in [-0.1, -0.05) is 11.6 Å². The van der Waals surface area contributed by atoms with E-state index in [1.165, 1.54) is 11.1 Å². The Hall–Kier alpha value is -1.47. The van der Waals surface area contributed by atoms with Gasteiger partial charge in [0.25, 0.3) is 5.91 Å². The molecule has 1 aliphatic heterocycles. The predicted octanol–water partition coefficient (Wildman–Crippen LogP) is 0.0309.